The predicted octanol–water partition coefficient (Wildman–Crippen LogP) is 16.3. The Hall–Kier alpha value is -7.99. The summed E-state index contributed by atoms with van der Waals surface area (Å²) in [5.41, 5.74) is 11.4. The Morgan fingerprint density at radius 1 is 0.566 bits per heavy atom. The van der Waals surface area contributed by atoms with Crippen molar-refractivity contribution in [1.29, 1.82) is 0 Å². The molecule has 83 heavy (non-hydrogen) atoms. The van der Waals surface area contributed by atoms with Gasteiger partial charge < -0.3 is 10.2 Å². The van der Waals surface area contributed by atoms with Crippen molar-refractivity contribution in [2.75, 3.05) is 0 Å². The van der Waals surface area contributed by atoms with E-state index in [1.54, 1.807) is 14.4 Å². The first-order valence-corrected chi connectivity index (χ1v) is 29.4. The lowest BCUT2D eigenvalue weighted by Crippen LogP contribution is -2.36. The highest BCUT2D eigenvalue weighted by Gasteiger charge is 2.42. The Morgan fingerprint density at radius 2 is 1.16 bits per heavy atom. The van der Waals surface area contributed by atoms with Gasteiger partial charge in [-0.3, -0.25) is 4.79 Å². The van der Waals surface area contributed by atoms with Crippen molar-refractivity contribution in [2.24, 2.45) is 28.1 Å². The number of aromatic hydroxyl groups is 2. The van der Waals surface area contributed by atoms with Gasteiger partial charge in [0.05, 0.1) is 5.69 Å². The Bertz CT molecular complexity index is 3950. The van der Waals surface area contributed by atoms with E-state index in [1.807, 2.05) is 80.6 Å². The van der Waals surface area contributed by atoms with Crippen molar-refractivity contribution >= 4 is 39.6 Å². The number of hydrogen-bond donors (Lipinski definition) is 2. The molecule has 6 aromatic carbocycles. The normalized spacial score (nSPS) is 16.0. The number of carbonyl (C=O) groups is 1. The van der Waals surface area contributed by atoms with Crippen LogP contribution in [0.4, 0.5) is 0 Å². The fourth-order valence-electron chi connectivity index (χ4n) is 13.3. The van der Waals surface area contributed by atoms with Gasteiger partial charge in [0.25, 0.3) is 0 Å². The van der Waals surface area contributed by atoms with Gasteiger partial charge in [0.15, 0.2) is 5.78 Å². The minimum atomic E-state index is -0.737. The smallest absolute Gasteiger partial charge is 0.186 e. The van der Waals surface area contributed by atoms with Crippen LogP contribution in [0, 0.1) is 35.0 Å². The summed E-state index contributed by atoms with van der Waals surface area (Å²) in [6.07, 6.45) is 8.66. The van der Waals surface area contributed by atoms with Crippen LogP contribution in [0.2, 0.25) is 0 Å². The summed E-state index contributed by atoms with van der Waals surface area (Å²) in [7, 11) is 0. The van der Waals surface area contributed by atoms with Gasteiger partial charge in [-0.1, -0.05) is 194 Å². The van der Waals surface area contributed by atoms with Crippen LogP contribution in [-0.2, 0) is 27.5 Å². The number of aromatic nitrogens is 9. The van der Waals surface area contributed by atoms with Crippen LogP contribution < -0.4 is 0 Å². The molecule has 1 aliphatic rings. The fraction of sp³-hybridized carbons (Fsp3) is 0.394. The molecule has 3 heterocycles. The highest BCUT2D eigenvalue weighted by Crippen LogP contribution is 2.49. The molecule has 430 valence electrons. The number of phenols is 2. The molecule has 12 nitrogen and oxygen atoms in total. The van der Waals surface area contributed by atoms with E-state index in [1.165, 1.54) is 0 Å². The van der Waals surface area contributed by atoms with Gasteiger partial charge in [-0.05, 0) is 143 Å². The second kappa shape index (κ2) is 21.3. The maximum Gasteiger partial charge on any atom is 0.186 e. The van der Waals surface area contributed by atoms with Crippen molar-refractivity contribution in [3.05, 3.63) is 178 Å². The Kier molecular flexibility index (Phi) is 15.0. The lowest BCUT2D eigenvalue weighted by molar-refractivity contribution is -0.119. The molecule has 0 saturated carbocycles. The van der Waals surface area contributed by atoms with Crippen LogP contribution in [0.3, 0.4) is 0 Å². The van der Waals surface area contributed by atoms with E-state index in [9.17, 15) is 10.2 Å². The van der Waals surface area contributed by atoms with Crippen molar-refractivity contribution < 1.29 is 15.0 Å². The van der Waals surface area contributed by atoms with E-state index in [0.29, 0.717) is 46.5 Å². The molecule has 0 fully saturated rings. The first kappa shape index (κ1) is 58.2. The number of rotatable bonds is 15. The average molecular weight is 1110 g/mol. The van der Waals surface area contributed by atoms with E-state index in [-0.39, 0.29) is 44.9 Å². The largest absolute Gasteiger partial charge is 0.505 e. The number of Topliss-reactive ketones (excluding diaryl/α,β-unsaturated/α-hetero) is 1. The number of carbonyl (C=O) groups excluding carboxylic acids is 1. The molecule has 2 atom stereocenters. The van der Waals surface area contributed by atoms with Gasteiger partial charge in [0.1, 0.15) is 56.3 Å². The molecule has 9 aromatic rings. The Morgan fingerprint density at radius 3 is 1.82 bits per heavy atom. The molecule has 2 unspecified atom stereocenters. The number of nitrogens with zero attached hydrogens (tertiary/aromatic N) is 9. The summed E-state index contributed by atoms with van der Waals surface area (Å²) in [5.74, 6) is -0.434. The van der Waals surface area contributed by atoms with E-state index in [2.05, 4.69) is 170 Å². The van der Waals surface area contributed by atoms with Gasteiger partial charge in [-0.15, -0.1) is 39.9 Å². The van der Waals surface area contributed by atoms with Gasteiger partial charge in [-0.25, -0.2) is 0 Å². The molecule has 0 saturated heterocycles. The zero-order chi connectivity index (χ0) is 59.8. The van der Waals surface area contributed by atoms with Crippen LogP contribution >= 0.6 is 0 Å². The second-order valence-corrected chi connectivity index (χ2v) is 28.2. The zero-order valence-corrected chi connectivity index (χ0v) is 51.6. The molecule has 10 rings (SSSR count). The van der Waals surface area contributed by atoms with E-state index < -0.39 is 16.7 Å². The molecule has 0 bridgehead atoms. The van der Waals surface area contributed by atoms with E-state index >= 15 is 4.79 Å². The number of allylic oxidation sites excluding steroid dienone is 3. The van der Waals surface area contributed by atoms with Crippen LogP contribution in [-0.4, -0.2) is 61.0 Å². The SMILES string of the molecule is CC=Cc1nn(-c2cc(C(C)(C)CC(C)(C)C)cc(CC3CC(C(C)(C)CC(C)(C)C)C=C(n4nc5cccc(-c6cccc(C(C)(C)c7cc(C(C)(C)c8ccccc8)cc(-n8nc9ccccc9n8)c7O)c6)c5n4)C3=O)c2O)nc1C. The highest BCUT2D eigenvalue weighted by atomic mass is 16.3. The van der Waals surface area contributed by atoms with Gasteiger partial charge in [0, 0.05) is 27.9 Å². The maximum atomic E-state index is 15.5. The van der Waals surface area contributed by atoms with Crippen molar-refractivity contribution in [1.82, 2.24) is 45.0 Å². The van der Waals surface area contributed by atoms with E-state index in [0.717, 1.165) is 74.2 Å². The monoisotopic (exact) mass is 1110 g/mol. The molecule has 1 aliphatic carbocycles. The van der Waals surface area contributed by atoms with Gasteiger partial charge in [-0.2, -0.15) is 5.10 Å². The molecule has 0 aliphatic heterocycles. The summed E-state index contributed by atoms with van der Waals surface area (Å²) in [5, 5.41) is 54.7. The third-order valence-corrected chi connectivity index (χ3v) is 17.3. The van der Waals surface area contributed by atoms with Crippen molar-refractivity contribution in [3.8, 4) is 34.0 Å². The third-order valence-electron chi connectivity index (χ3n) is 17.3. The molecule has 0 amide bonds. The molecule has 2 N–H and O–H groups in total. The number of benzene rings is 6. The molecule has 0 radical (unpaired) electrons. The topological polar surface area (TPSA) is 150 Å². The first-order chi connectivity index (χ1) is 38.9. The maximum absolute atomic E-state index is 15.5. The third kappa shape index (κ3) is 11.6. The highest BCUT2D eigenvalue weighted by molar-refractivity contribution is 6.17. The standard InChI is InChI=1S/C71H83N9O3/c1-17-25-55-44(2)72-78(73-55)59-39-50(68(9,10)42-66(3,4)5)36-46(63(59)81)34-47-37-51(69(11,12)43-67(6,7)8)40-60(64(47)82)80-76-58-33-24-30-53(62(58)77-80)45-26-23-29-49(35-45)71(15,16)54-38-52(70(13,14)48-27-19-18-20-28-48)41-61(65(54)83)79-74-56-31-21-22-32-57(56)75-79/h17-33,35-36,38-41,47,51,81,83H,34,37,42-43H2,1-16H3. The summed E-state index contributed by atoms with van der Waals surface area (Å²) in [6, 6.07) is 40.8. The zero-order valence-electron chi connectivity index (χ0n) is 51.6. The Balaban J connectivity index is 1.05. The second-order valence-electron chi connectivity index (χ2n) is 28.2. The number of hydrogen-bond acceptors (Lipinski definition) is 9. The van der Waals surface area contributed by atoms with E-state index in [4.69, 9.17) is 30.6 Å². The molecule has 0 spiro atoms. The molecule has 3 aromatic heterocycles. The summed E-state index contributed by atoms with van der Waals surface area (Å²) in [6.45, 7) is 35.2. The number of aryl methyl sites for hydroxylation is 1. The number of phenolic OH excluding ortho intramolecular Hbond substituents is 2. The number of ketones is 1. The van der Waals surface area contributed by atoms with Crippen LogP contribution in [0.1, 0.15) is 168 Å². The molecule has 12 heteroatoms. The van der Waals surface area contributed by atoms with Crippen LogP contribution in [0.25, 0.3) is 56.3 Å². The quantitative estimate of drug-likeness (QED) is 0.102. The fourth-order valence-corrected chi connectivity index (χ4v) is 13.3. The summed E-state index contributed by atoms with van der Waals surface area (Å²) >= 11 is 0. The Labute approximate surface area is 490 Å². The minimum Gasteiger partial charge on any atom is -0.505 e. The van der Waals surface area contributed by atoms with Gasteiger partial charge >= 0.3 is 0 Å². The molecular weight excluding hydrogens is 1030 g/mol. The van der Waals surface area contributed by atoms with Crippen LogP contribution in [0.15, 0.2) is 133 Å². The van der Waals surface area contributed by atoms with Crippen molar-refractivity contribution in [3.63, 3.8) is 0 Å². The summed E-state index contributed by atoms with van der Waals surface area (Å²) < 4.78 is 0. The molecular formula is C71H83N9O3. The van der Waals surface area contributed by atoms with Crippen LogP contribution in [0.5, 0.6) is 11.5 Å². The lowest BCUT2D eigenvalue weighted by Gasteiger charge is -2.41. The van der Waals surface area contributed by atoms with Gasteiger partial charge in [0.2, 0.25) is 0 Å². The first-order valence-electron chi connectivity index (χ1n) is 29.4. The summed E-state index contributed by atoms with van der Waals surface area (Å²) in [4.78, 5) is 20.2. The minimum absolute atomic E-state index is 0.0145. The lowest BCUT2D eigenvalue weighted by atomic mass is 9.64. The number of fused-ring (bicyclic) bond motifs is 2. The average Bonchev–Trinajstić information content (AvgIpc) is 3.24. The van der Waals surface area contributed by atoms with Crippen molar-refractivity contribution in [2.45, 2.75) is 153 Å². The predicted molar refractivity (Wildman–Crippen MR) is 336 cm³/mol.